The molecule has 0 fully saturated rings. The van der Waals surface area contributed by atoms with Crippen molar-refractivity contribution in [1.82, 2.24) is 15.0 Å². The van der Waals surface area contributed by atoms with Crippen LogP contribution in [0.2, 0.25) is 5.02 Å². The van der Waals surface area contributed by atoms with Crippen LogP contribution < -0.4 is 4.74 Å². The smallest absolute Gasteiger partial charge is 0.306 e. The van der Waals surface area contributed by atoms with E-state index < -0.39 is 13.6 Å². The summed E-state index contributed by atoms with van der Waals surface area (Å²) >= 11 is 41.2. The molecule has 0 aliphatic rings. The lowest BCUT2D eigenvalue weighted by molar-refractivity contribution is -0.137. The van der Waals surface area contributed by atoms with Gasteiger partial charge in [0.1, 0.15) is 5.75 Å². The van der Waals surface area contributed by atoms with E-state index in [9.17, 15) is 4.79 Å². The molecule has 2 aromatic rings. The van der Waals surface area contributed by atoms with Gasteiger partial charge in [-0.1, -0.05) is 81.2 Å². The van der Waals surface area contributed by atoms with Crippen molar-refractivity contribution in [2.24, 2.45) is 0 Å². The van der Waals surface area contributed by atoms with Gasteiger partial charge in [0.05, 0.1) is 18.1 Å². The molecule has 0 aliphatic carbocycles. The van der Waals surface area contributed by atoms with Crippen LogP contribution in [0.1, 0.15) is 18.1 Å². The molecule has 0 saturated carbocycles. The number of ether oxygens (including phenoxy) is 1. The number of hydrogen-bond acceptors (Lipinski definition) is 5. The average Bonchev–Trinajstić information content (AvgIpc) is 2.54. The molecule has 0 aliphatic heterocycles. The molecule has 146 valence electrons. The highest BCUT2D eigenvalue weighted by Crippen LogP contribution is 2.41. The van der Waals surface area contributed by atoms with E-state index >= 15 is 0 Å². The molecule has 2 rings (SSSR count). The number of nitrogens with zero attached hydrogens (tertiary/aromatic N) is 3. The lowest BCUT2D eigenvalue weighted by Crippen LogP contribution is -2.16. The SMILES string of the molecule is O=C(O)CCOc1ccc(-c2nc(C(Cl)(Cl)Cl)nc(C(Cl)(Cl)Cl)n2)cc1Cl. The van der Waals surface area contributed by atoms with Crippen molar-refractivity contribution in [3.8, 4) is 17.1 Å². The Kier molecular flexibility index (Phi) is 7.53. The molecule has 27 heavy (non-hydrogen) atoms. The first kappa shape index (κ1) is 22.8. The summed E-state index contributed by atoms with van der Waals surface area (Å²) in [7, 11) is 0. The zero-order chi connectivity index (χ0) is 20.4. The predicted molar refractivity (Wildman–Crippen MR) is 106 cm³/mol. The summed E-state index contributed by atoms with van der Waals surface area (Å²) in [4.78, 5) is 22.6. The number of carboxylic acids is 1. The second-order valence-electron chi connectivity index (χ2n) is 4.94. The standard InChI is InChI=1S/C14H8Cl7N3O3/c15-7-5-6(1-2-8(7)27-4-3-9(25)26)10-22-11(13(16,17)18)24-12(23-10)14(19,20)21/h1-2,5H,3-4H2,(H,25,26). The lowest BCUT2D eigenvalue weighted by atomic mass is 10.2. The van der Waals surface area contributed by atoms with E-state index in [-0.39, 0.29) is 41.3 Å². The highest BCUT2D eigenvalue weighted by Gasteiger charge is 2.34. The third-order valence-corrected chi connectivity index (χ3v) is 4.22. The normalized spacial score (nSPS) is 12.1. The quantitative estimate of drug-likeness (QED) is 0.516. The topological polar surface area (TPSA) is 85.2 Å². The van der Waals surface area contributed by atoms with Crippen LogP contribution in [-0.2, 0) is 12.4 Å². The molecule has 0 amide bonds. The van der Waals surface area contributed by atoms with E-state index in [2.05, 4.69) is 15.0 Å². The van der Waals surface area contributed by atoms with Crippen molar-refractivity contribution in [1.29, 1.82) is 0 Å². The maximum atomic E-state index is 10.5. The Morgan fingerprint density at radius 1 is 1.00 bits per heavy atom. The van der Waals surface area contributed by atoms with Gasteiger partial charge in [-0.3, -0.25) is 4.79 Å². The molecule has 1 heterocycles. The monoisotopic (exact) mass is 511 g/mol. The fourth-order valence-electron chi connectivity index (χ4n) is 1.76. The highest BCUT2D eigenvalue weighted by atomic mass is 35.6. The molecule has 0 radical (unpaired) electrons. The predicted octanol–water partition coefficient (Wildman–Crippen LogP) is 5.70. The zero-order valence-corrected chi connectivity index (χ0v) is 18.2. The number of rotatable bonds is 5. The minimum Gasteiger partial charge on any atom is -0.491 e. The second kappa shape index (κ2) is 8.91. The summed E-state index contributed by atoms with van der Waals surface area (Å²) in [5.41, 5.74) is 0.402. The molecule has 6 nitrogen and oxygen atoms in total. The number of alkyl halides is 6. The Morgan fingerprint density at radius 2 is 1.56 bits per heavy atom. The van der Waals surface area contributed by atoms with Gasteiger partial charge < -0.3 is 9.84 Å². The number of aliphatic carboxylic acids is 1. The molecular weight excluding hydrogens is 506 g/mol. The van der Waals surface area contributed by atoms with Crippen molar-refractivity contribution in [3.63, 3.8) is 0 Å². The summed E-state index contributed by atoms with van der Waals surface area (Å²) in [6.45, 7) is -0.0466. The molecule has 1 N–H and O–H groups in total. The number of hydrogen-bond donors (Lipinski definition) is 1. The third-order valence-electron chi connectivity index (χ3n) is 2.91. The van der Waals surface area contributed by atoms with Gasteiger partial charge in [0.2, 0.25) is 7.59 Å². The second-order valence-corrected chi connectivity index (χ2v) is 9.91. The van der Waals surface area contributed by atoms with Gasteiger partial charge in [0.15, 0.2) is 17.5 Å². The Hall–Kier alpha value is -0.470. The van der Waals surface area contributed by atoms with Crippen LogP contribution in [-0.4, -0.2) is 32.6 Å². The van der Waals surface area contributed by atoms with Crippen molar-refractivity contribution >= 4 is 87.2 Å². The van der Waals surface area contributed by atoms with Crippen LogP contribution in [0.25, 0.3) is 11.4 Å². The van der Waals surface area contributed by atoms with Crippen LogP contribution in [0.3, 0.4) is 0 Å². The maximum Gasteiger partial charge on any atom is 0.306 e. The van der Waals surface area contributed by atoms with Gasteiger partial charge in [-0.15, -0.1) is 0 Å². The van der Waals surface area contributed by atoms with Gasteiger partial charge in [-0.25, -0.2) is 15.0 Å². The number of benzene rings is 1. The molecule has 1 aromatic heterocycles. The summed E-state index contributed by atoms with van der Waals surface area (Å²) in [6.07, 6.45) is -0.176. The minimum absolute atomic E-state index is 0.0466. The fourth-order valence-corrected chi connectivity index (χ4v) is 2.51. The first-order valence-electron chi connectivity index (χ1n) is 6.93. The summed E-state index contributed by atoms with van der Waals surface area (Å²) in [5.74, 6) is -1.15. The summed E-state index contributed by atoms with van der Waals surface area (Å²) in [6, 6.07) is 4.53. The van der Waals surface area contributed by atoms with Crippen molar-refractivity contribution in [3.05, 3.63) is 34.9 Å². The largest absolute Gasteiger partial charge is 0.491 e. The first-order valence-corrected chi connectivity index (χ1v) is 9.57. The average molecular weight is 514 g/mol. The fraction of sp³-hybridized carbons (Fsp3) is 0.286. The van der Waals surface area contributed by atoms with Gasteiger partial charge in [-0.05, 0) is 18.2 Å². The van der Waals surface area contributed by atoms with Crippen molar-refractivity contribution in [2.45, 2.75) is 14.0 Å². The van der Waals surface area contributed by atoms with Crippen molar-refractivity contribution in [2.75, 3.05) is 6.61 Å². The zero-order valence-electron chi connectivity index (χ0n) is 12.9. The van der Waals surface area contributed by atoms with Crippen LogP contribution in [0.5, 0.6) is 5.75 Å². The minimum atomic E-state index is -1.98. The van der Waals surface area contributed by atoms with Gasteiger partial charge in [0.25, 0.3) is 0 Å². The van der Waals surface area contributed by atoms with E-state index in [0.717, 1.165) is 0 Å². The first-order chi connectivity index (χ1) is 12.4. The lowest BCUT2D eigenvalue weighted by Gasteiger charge is -2.16. The van der Waals surface area contributed by atoms with Crippen LogP contribution in [0, 0.1) is 0 Å². The Balaban J connectivity index is 2.42. The van der Waals surface area contributed by atoms with Crippen LogP contribution in [0.15, 0.2) is 18.2 Å². The molecule has 1 aromatic carbocycles. The van der Waals surface area contributed by atoms with Gasteiger partial charge in [-0.2, -0.15) is 0 Å². The van der Waals surface area contributed by atoms with Gasteiger partial charge in [0, 0.05) is 5.56 Å². The van der Waals surface area contributed by atoms with Gasteiger partial charge >= 0.3 is 5.97 Å². The number of aromatic nitrogens is 3. The van der Waals surface area contributed by atoms with Crippen LogP contribution in [0.4, 0.5) is 0 Å². The van der Waals surface area contributed by atoms with E-state index in [1.54, 1.807) is 6.07 Å². The molecular formula is C14H8Cl7N3O3. The highest BCUT2D eigenvalue weighted by molar-refractivity contribution is 6.67. The Bertz CT molecular complexity index is 821. The molecule has 0 unspecified atom stereocenters. The molecule has 0 spiro atoms. The van der Waals surface area contributed by atoms with Crippen LogP contribution >= 0.6 is 81.2 Å². The number of halogens is 7. The third kappa shape index (κ3) is 6.53. The summed E-state index contributed by atoms with van der Waals surface area (Å²) in [5, 5.41) is 8.82. The Morgan fingerprint density at radius 3 is 2.00 bits per heavy atom. The Labute approximate surface area is 188 Å². The molecule has 0 atom stereocenters. The van der Waals surface area contributed by atoms with E-state index in [1.807, 2.05) is 0 Å². The van der Waals surface area contributed by atoms with E-state index in [0.29, 0.717) is 5.56 Å². The van der Waals surface area contributed by atoms with E-state index in [4.69, 9.17) is 91.0 Å². The number of carboxylic acid groups (broad SMARTS) is 1. The van der Waals surface area contributed by atoms with E-state index in [1.165, 1.54) is 12.1 Å². The maximum absolute atomic E-state index is 10.5. The molecule has 13 heteroatoms. The summed E-state index contributed by atoms with van der Waals surface area (Å²) < 4.78 is 1.34. The molecule has 0 bridgehead atoms. The molecule has 0 saturated heterocycles. The van der Waals surface area contributed by atoms with Crippen molar-refractivity contribution < 1.29 is 14.6 Å². The number of carbonyl (C=O) groups is 1.